The number of benzene rings is 4. The minimum Gasteiger partial charge on any atom is -0.504 e. The molecule has 0 saturated heterocycles. The van der Waals surface area contributed by atoms with E-state index in [0.29, 0.717) is 22.6 Å². The molecular weight excluding hydrogens is 348 g/mol. The van der Waals surface area contributed by atoms with Crippen LogP contribution in [0.1, 0.15) is 0 Å². The Morgan fingerprint density at radius 3 is 0.889 bits per heavy atom. The lowest BCUT2D eigenvalue weighted by Gasteiger charge is -2.15. The molecule has 0 atom stereocenters. The Bertz CT molecular complexity index is 1210. The molecule has 0 bridgehead atoms. The topological polar surface area (TPSA) is 88.4 Å². The van der Waals surface area contributed by atoms with E-state index in [2.05, 4.69) is 0 Å². The van der Waals surface area contributed by atoms with E-state index in [4.69, 9.17) is 14.2 Å². The van der Waals surface area contributed by atoms with Crippen LogP contribution in [-0.4, -0.2) is 36.6 Å². The zero-order chi connectivity index (χ0) is 19.3. The second-order valence-electron chi connectivity index (χ2n) is 6.21. The molecule has 0 aliphatic rings. The van der Waals surface area contributed by atoms with Crippen molar-refractivity contribution in [2.24, 2.45) is 0 Å². The van der Waals surface area contributed by atoms with Crippen molar-refractivity contribution in [3.63, 3.8) is 0 Å². The average Bonchev–Trinajstić information content (AvgIpc) is 2.67. The van der Waals surface area contributed by atoms with Crippen LogP contribution in [0.2, 0.25) is 0 Å². The smallest absolute Gasteiger partial charge is 0.161 e. The molecule has 0 fully saturated rings. The van der Waals surface area contributed by atoms with Crippen LogP contribution in [-0.2, 0) is 0 Å². The predicted molar refractivity (Wildman–Crippen MR) is 104 cm³/mol. The Kier molecular flexibility index (Phi) is 3.77. The predicted octanol–water partition coefficient (Wildman–Crippen LogP) is 4.29. The fourth-order valence-electron chi connectivity index (χ4n) is 3.53. The first-order valence-corrected chi connectivity index (χ1v) is 8.22. The van der Waals surface area contributed by atoms with Crippen molar-refractivity contribution in [3.8, 4) is 34.5 Å². The molecule has 0 radical (unpaired) electrons. The second kappa shape index (κ2) is 6.02. The van der Waals surface area contributed by atoms with Crippen LogP contribution in [0, 0.1) is 0 Å². The molecule has 0 unspecified atom stereocenters. The first-order valence-electron chi connectivity index (χ1n) is 8.22. The molecule has 6 heteroatoms. The summed E-state index contributed by atoms with van der Waals surface area (Å²) in [6.07, 6.45) is 0. The first-order chi connectivity index (χ1) is 13.0. The van der Waals surface area contributed by atoms with Crippen LogP contribution in [0.4, 0.5) is 0 Å². The quantitative estimate of drug-likeness (QED) is 0.469. The molecule has 4 aromatic carbocycles. The molecule has 0 aliphatic heterocycles. The van der Waals surface area contributed by atoms with Gasteiger partial charge in [-0.3, -0.25) is 0 Å². The summed E-state index contributed by atoms with van der Waals surface area (Å²) >= 11 is 0. The molecule has 0 aliphatic carbocycles. The van der Waals surface area contributed by atoms with Crippen molar-refractivity contribution in [1.29, 1.82) is 0 Å². The van der Waals surface area contributed by atoms with Gasteiger partial charge in [0.1, 0.15) is 0 Å². The molecule has 0 heterocycles. The zero-order valence-corrected chi connectivity index (χ0v) is 15.0. The van der Waals surface area contributed by atoms with Gasteiger partial charge in [-0.15, -0.1) is 0 Å². The highest BCUT2D eigenvalue weighted by atomic mass is 16.5. The third-order valence-electron chi connectivity index (χ3n) is 4.83. The van der Waals surface area contributed by atoms with Crippen molar-refractivity contribution in [2.45, 2.75) is 0 Å². The summed E-state index contributed by atoms with van der Waals surface area (Å²) in [4.78, 5) is 0. The summed E-state index contributed by atoms with van der Waals surface area (Å²) < 4.78 is 15.8. The Labute approximate surface area is 154 Å². The lowest BCUT2D eigenvalue weighted by atomic mass is 9.93. The Morgan fingerprint density at radius 2 is 0.667 bits per heavy atom. The van der Waals surface area contributed by atoms with Gasteiger partial charge in [-0.1, -0.05) is 0 Å². The van der Waals surface area contributed by atoms with Gasteiger partial charge in [-0.05, 0) is 68.7 Å². The first kappa shape index (κ1) is 16.9. The molecule has 27 heavy (non-hydrogen) atoms. The van der Waals surface area contributed by atoms with Crippen molar-refractivity contribution in [3.05, 3.63) is 36.4 Å². The molecule has 0 saturated carbocycles. The number of phenolic OH excluding ortho intramolecular Hbond substituents is 3. The third kappa shape index (κ3) is 2.41. The van der Waals surface area contributed by atoms with Gasteiger partial charge >= 0.3 is 0 Å². The maximum Gasteiger partial charge on any atom is 0.161 e. The molecule has 4 aromatic rings. The number of hydrogen-bond donors (Lipinski definition) is 3. The van der Waals surface area contributed by atoms with Gasteiger partial charge in [0, 0.05) is 0 Å². The largest absolute Gasteiger partial charge is 0.504 e. The molecular formula is C21H18O6. The van der Waals surface area contributed by atoms with E-state index in [1.165, 1.54) is 21.3 Å². The number of fused-ring (bicyclic) bond motifs is 6. The standard InChI is InChI=1S/C21H18O6/c1-25-19-7-13-10(4-16(19)22)11-5-17(23)20(26-2)8-14(11)15-9-21(27-3)18(24)6-12(13)15/h4-9,22-24H,1-3H3. The molecule has 0 spiro atoms. The van der Waals surface area contributed by atoms with Crippen molar-refractivity contribution in [2.75, 3.05) is 21.3 Å². The lowest BCUT2D eigenvalue weighted by molar-refractivity contribution is 0.374. The summed E-state index contributed by atoms with van der Waals surface area (Å²) in [5.41, 5.74) is 0. The maximum atomic E-state index is 10.3. The van der Waals surface area contributed by atoms with Gasteiger partial charge in [0.05, 0.1) is 21.3 Å². The summed E-state index contributed by atoms with van der Waals surface area (Å²) in [5, 5.41) is 35.4. The minimum atomic E-state index is -0.0151. The summed E-state index contributed by atoms with van der Waals surface area (Å²) in [6.45, 7) is 0. The number of aromatic hydroxyl groups is 3. The van der Waals surface area contributed by atoms with Crippen LogP contribution in [0.15, 0.2) is 36.4 Å². The van der Waals surface area contributed by atoms with Crippen LogP contribution >= 0.6 is 0 Å². The molecule has 3 N–H and O–H groups in total. The Morgan fingerprint density at radius 1 is 0.444 bits per heavy atom. The Balaban J connectivity index is 2.32. The van der Waals surface area contributed by atoms with Crippen molar-refractivity contribution >= 4 is 32.3 Å². The third-order valence-corrected chi connectivity index (χ3v) is 4.83. The molecule has 0 aromatic heterocycles. The van der Waals surface area contributed by atoms with E-state index in [9.17, 15) is 15.3 Å². The van der Waals surface area contributed by atoms with Crippen LogP contribution in [0.3, 0.4) is 0 Å². The van der Waals surface area contributed by atoms with E-state index in [-0.39, 0.29) is 17.2 Å². The highest BCUT2D eigenvalue weighted by Crippen LogP contribution is 2.45. The van der Waals surface area contributed by atoms with E-state index in [1.54, 1.807) is 36.4 Å². The second-order valence-corrected chi connectivity index (χ2v) is 6.21. The SMILES string of the molecule is COc1cc2c(cc1O)c1cc(O)c(OC)cc1c1cc(OC)c(O)cc21. The summed E-state index contributed by atoms with van der Waals surface area (Å²) in [5.74, 6) is 0.957. The van der Waals surface area contributed by atoms with Crippen LogP contribution < -0.4 is 14.2 Å². The average molecular weight is 366 g/mol. The van der Waals surface area contributed by atoms with E-state index in [0.717, 1.165) is 26.9 Å². The number of phenols is 3. The van der Waals surface area contributed by atoms with Gasteiger partial charge in [0.2, 0.25) is 0 Å². The normalized spacial score (nSPS) is 11.2. The fraction of sp³-hybridized carbons (Fsp3) is 0.143. The zero-order valence-electron chi connectivity index (χ0n) is 15.0. The minimum absolute atomic E-state index is 0.00318. The molecule has 138 valence electrons. The number of rotatable bonds is 3. The van der Waals surface area contributed by atoms with E-state index < -0.39 is 0 Å². The molecule has 6 nitrogen and oxygen atoms in total. The van der Waals surface area contributed by atoms with Gasteiger partial charge in [0.15, 0.2) is 34.5 Å². The fourth-order valence-corrected chi connectivity index (χ4v) is 3.53. The van der Waals surface area contributed by atoms with E-state index >= 15 is 0 Å². The maximum absolute atomic E-state index is 10.3. The number of ether oxygens (including phenoxy) is 3. The van der Waals surface area contributed by atoms with Crippen molar-refractivity contribution in [1.82, 2.24) is 0 Å². The van der Waals surface area contributed by atoms with Crippen LogP contribution in [0.25, 0.3) is 32.3 Å². The van der Waals surface area contributed by atoms with Crippen LogP contribution in [0.5, 0.6) is 34.5 Å². The van der Waals surface area contributed by atoms with Gasteiger partial charge in [0.25, 0.3) is 0 Å². The Hall–Kier alpha value is -3.54. The number of methoxy groups -OCH3 is 3. The van der Waals surface area contributed by atoms with E-state index in [1.807, 2.05) is 0 Å². The van der Waals surface area contributed by atoms with Crippen molar-refractivity contribution < 1.29 is 29.5 Å². The monoisotopic (exact) mass is 366 g/mol. The molecule has 4 rings (SSSR count). The van der Waals surface area contributed by atoms with Gasteiger partial charge in [-0.2, -0.15) is 0 Å². The molecule has 0 amide bonds. The highest BCUT2D eigenvalue weighted by molar-refractivity contribution is 6.26. The summed E-state index contributed by atoms with van der Waals surface area (Å²) in [6, 6.07) is 9.97. The lowest BCUT2D eigenvalue weighted by Crippen LogP contribution is -1.91. The highest BCUT2D eigenvalue weighted by Gasteiger charge is 2.17. The summed E-state index contributed by atoms with van der Waals surface area (Å²) in [7, 11) is 4.44. The van der Waals surface area contributed by atoms with Gasteiger partial charge in [-0.25, -0.2) is 0 Å². The van der Waals surface area contributed by atoms with Gasteiger partial charge < -0.3 is 29.5 Å². The number of hydrogen-bond acceptors (Lipinski definition) is 6.